The molecule has 0 aliphatic carbocycles. The summed E-state index contributed by atoms with van der Waals surface area (Å²) < 4.78 is 0. The van der Waals surface area contributed by atoms with Gasteiger partial charge in [-0.3, -0.25) is 0 Å². The monoisotopic (exact) mass is 202 g/mol. The number of hydrogen-bond donors (Lipinski definition) is 2. The Hall–Kier alpha value is -1.96. The Kier molecular flexibility index (Phi) is 3.75. The van der Waals surface area contributed by atoms with Gasteiger partial charge < -0.3 is 10.2 Å². The molecule has 1 rings (SSSR count). The number of phenolic OH excluding ortho intramolecular Hbond substituents is 1. The second kappa shape index (κ2) is 5.05. The number of para-hydroxylation sites is 1. The number of aliphatic hydroxyl groups excluding tert-OH is 1. The van der Waals surface area contributed by atoms with Crippen molar-refractivity contribution in [3.63, 3.8) is 0 Å². The average Bonchev–Trinajstić information content (AvgIpc) is 2.22. The lowest BCUT2D eigenvalue weighted by Gasteiger charge is -2.06. The van der Waals surface area contributed by atoms with Crippen molar-refractivity contribution >= 4 is 5.57 Å². The normalized spacial score (nSPS) is 12.6. The molecule has 0 bridgehead atoms. The molecule has 0 fully saturated rings. The highest BCUT2D eigenvalue weighted by atomic mass is 16.3. The van der Waals surface area contributed by atoms with Crippen LogP contribution in [0.25, 0.3) is 5.57 Å². The van der Waals surface area contributed by atoms with Crippen LogP contribution in [-0.4, -0.2) is 10.2 Å². The predicted molar refractivity (Wildman–Crippen MR) is 62.7 cm³/mol. The van der Waals surface area contributed by atoms with E-state index in [1.807, 2.05) is 6.92 Å². The number of hydrogen-bond acceptors (Lipinski definition) is 2. The molecule has 15 heavy (non-hydrogen) atoms. The van der Waals surface area contributed by atoms with Gasteiger partial charge in [0.1, 0.15) is 11.5 Å². The second-order valence-corrected chi connectivity index (χ2v) is 3.02. The van der Waals surface area contributed by atoms with Crippen LogP contribution in [0.3, 0.4) is 0 Å². The number of benzene rings is 1. The molecule has 1 aromatic carbocycles. The average molecular weight is 202 g/mol. The molecule has 0 aliphatic rings. The van der Waals surface area contributed by atoms with Crippen molar-refractivity contribution in [2.75, 3.05) is 0 Å². The Balaban J connectivity index is 3.31. The molecule has 2 nitrogen and oxygen atoms in total. The zero-order chi connectivity index (χ0) is 11.3. The van der Waals surface area contributed by atoms with Crippen molar-refractivity contribution in [1.29, 1.82) is 0 Å². The molecule has 0 atom stereocenters. The van der Waals surface area contributed by atoms with E-state index in [4.69, 9.17) is 0 Å². The smallest absolute Gasteiger partial charge is 0.123 e. The minimum absolute atomic E-state index is 0.0917. The lowest BCUT2D eigenvalue weighted by atomic mass is 10.0. The molecule has 2 N–H and O–H groups in total. The Bertz CT molecular complexity index is 414. The number of rotatable bonds is 3. The van der Waals surface area contributed by atoms with Crippen LogP contribution >= 0.6 is 0 Å². The van der Waals surface area contributed by atoms with Gasteiger partial charge in [-0.15, -0.1) is 0 Å². The molecule has 0 amide bonds. The highest BCUT2D eigenvalue weighted by molar-refractivity contribution is 5.79. The van der Waals surface area contributed by atoms with Gasteiger partial charge in [-0.2, -0.15) is 0 Å². The molecule has 78 valence electrons. The second-order valence-electron chi connectivity index (χ2n) is 3.02. The van der Waals surface area contributed by atoms with E-state index < -0.39 is 0 Å². The van der Waals surface area contributed by atoms with Crippen LogP contribution in [0.5, 0.6) is 5.75 Å². The van der Waals surface area contributed by atoms with E-state index in [0.717, 1.165) is 0 Å². The van der Waals surface area contributed by atoms with Gasteiger partial charge in [-0.25, -0.2) is 0 Å². The largest absolute Gasteiger partial charge is 0.507 e. The third kappa shape index (κ3) is 2.50. The van der Waals surface area contributed by atoms with Gasteiger partial charge >= 0.3 is 0 Å². The van der Waals surface area contributed by atoms with Gasteiger partial charge in [0.25, 0.3) is 0 Å². The maximum atomic E-state index is 9.70. The van der Waals surface area contributed by atoms with Crippen LogP contribution in [0.4, 0.5) is 0 Å². The number of aromatic hydroxyl groups is 1. The fraction of sp³-hybridized carbons (Fsp3) is 0.0769. The summed E-state index contributed by atoms with van der Waals surface area (Å²) in [5, 5.41) is 19.3. The minimum atomic E-state index is 0.0917. The Labute approximate surface area is 89.5 Å². The molecule has 0 aromatic heterocycles. The molecule has 0 radical (unpaired) electrons. The van der Waals surface area contributed by atoms with E-state index >= 15 is 0 Å². The third-order valence-corrected chi connectivity index (χ3v) is 2.00. The fourth-order valence-corrected chi connectivity index (χ4v) is 1.30. The van der Waals surface area contributed by atoms with E-state index in [2.05, 4.69) is 6.58 Å². The molecular weight excluding hydrogens is 188 g/mol. The molecule has 0 saturated carbocycles. The van der Waals surface area contributed by atoms with Crippen LogP contribution in [-0.2, 0) is 0 Å². The van der Waals surface area contributed by atoms with Crippen LogP contribution in [0, 0.1) is 0 Å². The van der Waals surface area contributed by atoms with Gasteiger partial charge in [-0.05, 0) is 19.1 Å². The van der Waals surface area contributed by atoms with Crippen molar-refractivity contribution in [3.05, 3.63) is 60.4 Å². The first-order chi connectivity index (χ1) is 7.20. The maximum absolute atomic E-state index is 9.70. The maximum Gasteiger partial charge on any atom is 0.123 e. The number of aliphatic hydroxyl groups is 1. The third-order valence-electron chi connectivity index (χ3n) is 2.00. The Morgan fingerprint density at radius 3 is 2.53 bits per heavy atom. The van der Waals surface area contributed by atoms with Crippen LogP contribution in [0.1, 0.15) is 12.5 Å². The molecule has 0 spiro atoms. The molecule has 2 heteroatoms. The summed E-state index contributed by atoms with van der Waals surface area (Å²) in [6.07, 6.45) is 4.80. The quantitative estimate of drug-likeness (QED) is 0.582. The lowest BCUT2D eigenvalue weighted by molar-refractivity contribution is 0.434. The molecule has 1 aromatic rings. The van der Waals surface area contributed by atoms with Crippen molar-refractivity contribution in [3.8, 4) is 5.75 Å². The van der Waals surface area contributed by atoms with Gasteiger partial charge in [0.15, 0.2) is 0 Å². The Morgan fingerprint density at radius 2 is 2.00 bits per heavy atom. The first-order valence-corrected chi connectivity index (χ1v) is 4.67. The molecule has 0 unspecified atom stereocenters. The van der Waals surface area contributed by atoms with Crippen LogP contribution in [0.2, 0.25) is 0 Å². The minimum Gasteiger partial charge on any atom is -0.507 e. The first kappa shape index (κ1) is 11.1. The first-order valence-electron chi connectivity index (χ1n) is 4.67. The van der Waals surface area contributed by atoms with Crippen LogP contribution in [0.15, 0.2) is 54.8 Å². The molecule has 0 saturated heterocycles. The van der Waals surface area contributed by atoms with Gasteiger partial charge in [0, 0.05) is 11.1 Å². The van der Waals surface area contributed by atoms with Crippen molar-refractivity contribution in [2.45, 2.75) is 6.92 Å². The SMILES string of the molecule is C=C/C(=C(O)\C=C/C)c1ccccc1O. The van der Waals surface area contributed by atoms with E-state index in [-0.39, 0.29) is 11.5 Å². The Morgan fingerprint density at radius 1 is 1.33 bits per heavy atom. The molecule has 0 aliphatic heterocycles. The summed E-state index contributed by atoms with van der Waals surface area (Å²) in [5.41, 5.74) is 1.09. The summed E-state index contributed by atoms with van der Waals surface area (Å²) in [6.45, 7) is 5.43. The van der Waals surface area contributed by atoms with Gasteiger partial charge in [0.2, 0.25) is 0 Å². The fourth-order valence-electron chi connectivity index (χ4n) is 1.30. The van der Waals surface area contributed by atoms with Gasteiger partial charge in [0.05, 0.1) is 0 Å². The molecule has 0 heterocycles. The summed E-state index contributed by atoms with van der Waals surface area (Å²) in [6, 6.07) is 6.82. The molecular formula is C13H14O2. The van der Waals surface area contributed by atoms with Crippen molar-refractivity contribution < 1.29 is 10.2 Å². The summed E-state index contributed by atoms with van der Waals surface area (Å²) in [4.78, 5) is 0. The highest BCUT2D eigenvalue weighted by Gasteiger charge is 2.06. The summed E-state index contributed by atoms with van der Waals surface area (Å²) in [5.74, 6) is 0.220. The topological polar surface area (TPSA) is 40.5 Å². The highest BCUT2D eigenvalue weighted by Crippen LogP contribution is 2.27. The lowest BCUT2D eigenvalue weighted by Crippen LogP contribution is -1.87. The number of allylic oxidation sites excluding steroid dienone is 4. The summed E-state index contributed by atoms with van der Waals surface area (Å²) >= 11 is 0. The van der Waals surface area contributed by atoms with E-state index in [1.165, 1.54) is 6.08 Å². The predicted octanol–water partition coefficient (Wildman–Crippen LogP) is 3.42. The van der Waals surface area contributed by atoms with Crippen LogP contribution < -0.4 is 0 Å². The zero-order valence-corrected chi connectivity index (χ0v) is 8.64. The van der Waals surface area contributed by atoms with Crippen molar-refractivity contribution in [1.82, 2.24) is 0 Å². The number of phenols is 1. The van der Waals surface area contributed by atoms with Crippen molar-refractivity contribution in [2.24, 2.45) is 0 Å². The van der Waals surface area contributed by atoms with E-state index in [9.17, 15) is 10.2 Å². The van der Waals surface area contributed by atoms with E-state index in [0.29, 0.717) is 11.1 Å². The zero-order valence-electron chi connectivity index (χ0n) is 8.64. The summed E-state index contributed by atoms with van der Waals surface area (Å²) in [7, 11) is 0. The standard InChI is InChI=1S/C13H14O2/c1-3-7-12(14)10(4-2)11-8-5-6-9-13(11)15/h3-9,14-15H,2H2,1H3/b7-3-,12-10-. The van der Waals surface area contributed by atoms with Gasteiger partial charge in [-0.1, -0.05) is 36.9 Å². The van der Waals surface area contributed by atoms with E-state index in [1.54, 1.807) is 36.4 Å².